The summed E-state index contributed by atoms with van der Waals surface area (Å²) in [5, 5.41) is 13.2. The van der Waals surface area contributed by atoms with Crippen molar-refractivity contribution in [3.05, 3.63) is 18.0 Å². The van der Waals surface area contributed by atoms with Crippen LogP contribution in [0.25, 0.3) is 0 Å². The predicted octanol–water partition coefficient (Wildman–Crippen LogP) is 1.88. The lowest BCUT2D eigenvalue weighted by atomic mass is 9.96. The first kappa shape index (κ1) is 8.75. The Balaban J connectivity index is 2.05. The molecule has 1 aromatic heterocycles. The minimum absolute atomic E-state index is 0.0553. The third-order valence-electron chi connectivity index (χ3n) is 2.77. The van der Waals surface area contributed by atoms with Gasteiger partial charge >= 0.3 is 0 Å². The van der Waals surface area contributed by atoms with Gasteiger partial charge in [0.25, 0.3) is 0 Å². The lowest BCUT2D eigenvalue weighted by Gasteiger charge is -2.21. The van der Waals surface area contributed by atoms with Crippen molar-refractivity contribution in [1.29, 1.82) is 0 Å². The van der Waals surface area contributed by atoms with E-state index in [4.69, 9.17) is 5.11 Å². The molecule has 1 fully saturated rings. The van der Waals surface area contributed by atoms with Crippen LogP contribution < -0.4 is 0 Å². The number of rotatable bonds is 2. The van der Waals surface area contributed by atoms with E-state index in [0.29, 0.717) is 6.04 Å². The van der Waals surface area contributed by atoms with Gasteiger partial charge in [-0.2, -0.15) is 5.10 Å². The average Bonchev–Trinajstić information content (AvgIpc) is 2.67. The smallest absolute Gasteiger partial charge is 0.0879 e. The van der Waals surface area contributed by atoms with Crippen LogP contribution in [0.3, 0.4) is 0 Å². The van der Waals surface area contributed by atoms with Crippen LogP contribution in [0.1, 0.15) is 43.8 Å². The van der Waals surface area contributed by atoms with E-state index in [9.17, 15) is 0 Å². The fraction of sp³-hybridized carbons (Fsp3) is 0.700. The second-order valence-corrected chi connectivity index (χ2v) is 3.74. The molecule has 1 aromatic rings. The number of hydrogen-bond donors (Lipinski definition) is 1. The summed E-state index contributed by atoms with van der Waals surface area (Å²) < 4.78 is 2.02. The van der Waals surface area contributed by atoms with Gasteiger partial charge in [0.05, 0.1) is 18.3 Å². The Morgan fingerprint density at radius 1 is 1.38 bits per heavy atom. The van der Waals surface area contributed by atoms with Crippen molar-refractivity contribution < 1.29 is 5.11 Å². The number of aliphatic hydroxyl groups excluding tert-OH is 1. The van der Waals surface area contributed by atoms with Crippen LogP contribution in [0.2, 0.25) is 0 Å². The highest BCUT2D eigenvalue weighted by Crippen LogP contribution is 2.27. The van der Waals surface area contributed by atoms with Gasteiger partial charge in [0.1, 0.15) is 0 Å². The molecule has 0 unspecified atom stereocenters. The Kier molecular flexibility index (Phi) is 2.64. The van der Waals surface area contributed by atoms with Gasteiger partial charge in [-0.25, -0.2) is 0 Å². The summed E-state index contributed by atoms with van der Waals surface area (Å²) in [6, 6.07) is 2.48. The van der Waals surface area contributed by atoms with Crippen LogP contribution in [0.15, 0.2) is 12.3 Å². The molecule has 1 N–H and O–H groups in total. The van der Waals surface area contributed by atoms with Gasteiger partial charge in [0.15, 0.2) is 0 Å². The summed E-state index contributed by atoms with van der Waals surface area (Å²) >= 11 is 0. The van der Waals surface area contributed by atoms with E-state index in [1.165, 1.54) is 32.1 Å². The minimum Gasteiger partial charge on any atom is -0.390 e. The lowest BCUT2D eigenvalue weighted by Crippen LogP contribution is -2.13. The molecular weight excluding hydrogens is 164 g/mol. The van der Waals surface area contributed by atoms with Gasteiger partial charge in [-0.15, -0.1) is 0 Å². The lowest BCUT2D eigenvalue weighted by molar-refractivity contribution is 0.270. The molecule has 3 heteroatoms. The monoisotopic (exact) mass is 180 g/mol. The third-order valence-corrected chi connectivity index (χ3v) is 2.77. The molecule has 0 amide bonds. The summed E-state index contributed by atoms with van der Waals surface area (Å²) in [6.45, 7) is 0.0553. The molecule has 2 rings (SSSR count). The van der Waals surface area contributed by atoms with Crippen LogP contribution in [0, 0.1) is 0 Å². The van der Waals surface area contributed by atoms with Crippen molar-refractivity contribution in [3.63, 3.8) is 0 Å². The molecular formula is C10H16N2O. The molecule has 0 spiro atoms. The van der Waals surface area contributed by atoms with E-state index in [1.807, 2.05) is 16.9 Å². The fourth-order valence-electron chi connectivity index (χ4n) is 2.01. The van der Waals surface area contributed by atoms with Crippen molar-refractivity contribution >= 4 is 0 Å². The maximum Gasteiger partial charge on any atom is 0.0879 e. The summed E-state index contributed by atoms with van der Waals surface area (Å²) in [6.07, 6.45) is 8.48. The molecule has 1 aliphatic rings. The summed E-state index contributed by atoms with van der Waals surface area (Å²) in [5.41, 5.74) is 0.783. The zero-order valence-electron chi connectivity index (χ0n) is 7.82. The molecule has 1 saturated carbocycles. The maximum atomic E-state index is 8.87. The topological polar surface area (TPSA) is 38.0 Å². The Morgan fingerprint density at radius 3 is 2.77 bits per heavy atom. The molecule has 0 aliphatic heterocycles. The first-order chi connectivity index (χ1) is 6.40. The van der Waals surface area contributed by atoms with Crippen molar-refractivity contribution in [2.45, 2.75) is 44.8 Å². The summed E-state index contributed by atoms with van der Waals surface area (Å²) in [4.78, 5) is 0. The third kappa shape index (κ3) is 1.91. The molecule has 0 atom stereocenters. The van der Waals surface area contributed by atoms with Crippen molar-refractivity contribution in [3.8, 4) is 0 Å². The van der Waals surface area contributed by atoms with E-state index in [-0.39, 0.29) is 6.61 Å². The van der Waals surface area contributed by atoms with Gasteiger partial charge in [-0.1, -0.05) is 19.3 Å². The van der Waals surface area contributed by atoms with Crippen molar-refractivity contribution in [2.24, 2.45) is 0 Å². The molecule has 72 valence electrons. The summed E-state index contributed by atoms with van der Waals surface area (Å²) in [7, 11) is 0. The fourth-order valence-corrected chi connectivity index (χ4v) is 2.01. The first-order valence-electron chi connectivity index (χ1n) is 5.05. The molecule has 0 aromatic carbocycles. The predicted molar refractivity (Wildman–Crippen MR) is 50.3 cm³/mol. The SMILES string of the molecule is OCc1ccn(C2CCCCC2)n1. The largest absolute Gasteiger partial charge is 0.390 e. The quantitative estimate of drug-likeness (QED) is 0.754. The van der Waals surface area contributed by atoms with Crippen LogP contribution >= 0.6 is 0 Å². The molecule has 3 nitrogen and oxygen atoms in total. The van der Waals surface area contributed by atoms with Crippen LogP contribution in [-0.4, -0.2) is 14.9 Å². The molecule has 1 aliphatic carbocycles. The Hall–Kier alpha value is -0.830. The molecule has 0 bridgehead atoms. The van der Waals surface area contributed by atoms with Gasteiger partial charge < -0.3 is 5.11 Å². The Bertz CT molecular complexity index is 264. The van der Waals surface area contributed by atoms with Crippen molar-refractivity contribution in [2.75, 3.05) is 0 Å². The molecule has 13 heavy (non-hydrogen) atoms. The summed E-state index contributed by atoms with van der Waals surface area (Å²) in [5.74, 6) is 0. The van der Waals surface area contributed by atoms with Crippen LogP contribution in [0.5, 0.6) is 0 Å². The maximum absolute atomic E-state index is 8.87. The van der Waals surface area contributed by atoms with E-state index < -0.39 is 0 Å². The first-order valence-corrected chi connectivity index (χ1v) is 5.05. The average molecular weight is 180 g/mol. The van der Waals surface area contributed by atoms with Gasteiger partial charge in [-0.05, 0) is 18.9 Å². The van der Waals surface area contributed by atoms with E-state index >= 15 is 0 Å². The van der Waals surface area contributed by atoms with Gasteiger partial charge in [0.2, 0.25) is 0 Å². The normalized spacial score (nSPS) is 19.2. The Labute approximate surface area is 78.4 Å². The number of aliphatic hydroxyl groups is 1. The van der Waals surface area contributed by atoms with E-state index in [0.717, 1.165) is 5.69 Å². The standard InChI is InChI=1S/C10H16N2O/c13-8-9-6-7-12(11-9)10-4-2-1-3-5-10/h6-7,10,13H,1-5,8H2. The highest BCUT2D eigenvalue weighted by molar-refractivity contribution is 4.97. The van der Waals surface area contributed by atoms with Gasteiger partial charge in [0, 0.05) is 6.20 Å². The van der Waals surface area contributed by atoms with E-state index in [2.05, 4.69) is 5.10 Å². The highest BCUT2D eigenvalue weighted by Gasteiger charge is 2.15. The molecule has 0 radical (unpaired) electrons. The van der Waals surface area contributed by atoms with E-state index in [1.54, 1.807) is 0 Å². The van der Waals surface area contributed by atoms with Crippen LogP contribution in [-0.2, 0) is 6.61 Å². The Morgan fingerprint density at radius 2 is 2.15 bits per heavy atom. The highest BCUT2D eigenvalue weighted by atomic mass is 16.3. The number of hydrogen-bond acceptors (Lipinski definition) is 2. The minimum atomic E-state index is 0.0553. The molecule has 1 heterocycles. The number of nitrogens with zero attached hydrogens (tertiary/aromatic N) is 2. The zero-order valence-corrected chi connectivity index (χ0v) is 7.82. The second kappa shape index (κ2) is 3.92. The zero-order chi connectivity index (χ0) is 9.10. The molecule has 0 saturated heterocycles. The van der Waals surface area contributed by atoms with Crippen molar-refractivity contribution in [1.82, 2.24) is 9.78 Å². The number of aromatic nitrogens is 2. The van der Waals surface area contributed by atoms with Crippen LogP contribution in [0.4, 0.5) is 0 Å². The van der Waals surface area contributed by atoms with Gasteiger partial charge in [-0.3, -0.25) is 4.68 Å². The second-order valence-electron chi connectivity index (χ2n) is 3.74.